The first-order valence-corrected chi connectivity index (χ1v) is 8.72. The van der Waals surface area contributed by atoms with Gasteiger partial charge in [0.2, 0.25) is 0 Å². The molecule has 0 heterocycles. The Morgan fingerprint density at radius 1 is 1.00 bits per heavy atom. The second-order valence-corrected chi connectivity index (χ2v) is 4.36. The average molecular weight is 366 g/mol. The van der Waals surface area contributed by atoms with E-state index in [1.165, 1.54) is 0 Å². The number of hydrogen-bond acceptors (Lipinski definition) is 5. The lowest BCUT2D eigenvalue weighted by Gasteiger charge is -2.05. The Morgan fingerprint density at radius 2 is 1.50 bits per heavy atom. The van der Waals surface area contributed by atoms with Crippen LogP contribution in [0.5, 0.6) is 0 Å². The van der Waals surface area contributed by atoms with Crippen LogP contribution >= 0.6 is 28.5 Å². The molecule has 0 aromatic carbocycles. The highest BCUT2D eigenvalue weighted by Crippen LogP contribution is 2.20. The van der Waals surface area contributed by atoms with E-state index in [1.807, 2.05) is 0 Å². The zero-order valence-electron chi connectivity index (χ0n) is 8.82. The van der Waals surface area contributed by atoms with Gasteiger partial charge < -0.3 is 23.8 Å². The van der Waals surface area contributed by atoms with E-state index in [0.717, 1.165) is 0 Å². The van der Waals surface area contributed by atoms with Gasteiger partial charge in [-0.1, -0.05) is 0 Å². The van der Waals surface area contributed by atoms with Crippen molar-refractivity contribution >= 4 is 34.5 Å². The predicted molar refractivity (Wildman–Crippen MR) is 68.4 cm³/mol. The second kappa shape index (κ2) is 13.5. The molecule has 16 heavy (non-hydrogen) atoms. The lowest BCUT2D eigenvalue weighted by Crippen LogP contribution is -2.13. The number of hydrogen-bond donors (Lipinski definition) is 1. The molecule has 0 fully saturated rings. The first kappa shape index (κ1) is 16.5. The summed E-state index contributed by atoms with van der Waals surface area (Å²) >= 11 is 2.15. The molecular weight excluding hydrogens is 350 g/mol. The zero-order chi connectivity index (χ0) is 12.1. The standard InChI is InChI=1S/C8H16IO6P/c9-16-15-6-5-13-2-1-12-3-4-14-7-8(10)11/h16H,1-7H2,(H,10,11). The highest BCUT2D eigenvalue weighted by molar-refractivity contribution is 14.2. The monoisotopic (exact) mass is 366 g/mol. The number of rotatable bonds is 12. The third-order valence-electron chi connectivity index (χ3n) is 1.35. The Bertz CT molecular complexity index is 171. The predicted octanol–water partition coefficient (Wildman–Crippen LogP) is 1.08. The van der Waals surface area contributed by atoms with Crippen LogP contribution < -0.4 is 0 Å². The maximum absolute atomic E-state index is 10.1. The lowest BCUT2D eigenvalue weighted by molar-refractivity contribution is -0.142. The van der Waals surface area contributed by atoms with Crippen LogP contribution in [0.15, 0.2) is 0 Å². The molecular formula is C8H16IO6P. The molecule has 8 heteroatoms. The second-order valence-electron chi connectivity index (χ2n) is 2.60. The molecule has 0 amide bonds. The summed E-state index contributed by atoms with van der Waals surface area (Å²) in [5, 5.41) is 8.26. The Balaban J connectivity index is 2.90. The fraction of sp³-hybridized carbons (Fsp3) is 0.875. The van der Waals surface area contributed by atoms with Gasteiger partial charge >= 0.3 is 5.97 Å². The summed E-state index contributed by atoms with van der Waals surface area (Å²) in [6, 6.07) is 0. The van der Waals surface area contributed by atoms with Gasteiger partial charge in [-0.2, -0.15) is 0 Å². The fourth-order valence-electron chi connectivity index (χ4n) is 0.738. The molecule has 6 nitrogen and oxygen atoms in total. The van der Waals surface area contributed by atoms with Crippen molar-refractivity contribution in [3.63, 3.8) is 0 Å². The van der Waals surface area contributed by atoms with E-state index in [0.29, 0.717) is 39.5 Å². The van der Waals surface area contributed by atoms with Crippen LogP contribution in [-0.4, -0.2) is 57.3 Å². The zero-order valence-corrected chi connectivity index (χ0v) is 12.0. The van der Waals surface area contributed by atoms with Gasteiger partial charge in [-0.05, 0) is 22.0 Å². The highest BCUT2D eigenvalue weighted by atomic mass is 127. The summed E-state index contributed by atoms with van der Waals surface area (Å²) in [4.78, 5) is 10.1. The van der Waals surface area contributed by atoms with Crippen LogP contribution in [-0.2, 0) is 23.5 Å². The summed E-state index contributed by atoms with van der Waals surface area (Å²) < 4.78 is 20.2. The van der Waals surface area contributed by atoms with Gasteiger partial charge in [0.25, 0.3) is 0 Å². The van der Waals surface area contributed by atoms with E-state index in [9.17, 15) is 4.79 Å². The van der Waals surface area contributed by atoms with Crippen LogP contribution in [0.3, 0.4) is 0 Å². The highest BCUT2D eigenvalue weighted by Gasteiger charge is 1.95. The van der Waals surface area contributed by atoms with Crippen LogP contribution in [0.4, 0.5) is 0 Å². The molecule has 0 aliphatic rings. The first-order valence-electron chi connectivity index (χ1n) is 4.70. The van der Waals surface area contributed by atoms with Gasteiger partial charge in [-0.15, -0.1) is 0 Å². The minimum absolute atomic E-state index is 0.283. The summed E-state index contributed by atoms with van der Waals surface area (Å²) in [5.41, 5.74) is 0. The number of ether oxygens (including phenoxy) is 3. The molecule has 0 aliphatic carbocycles. The maximum atomic E-state index is 10.1. The van der Waals surface area contributed by atoms with Crippen LogP contribution in [0.1, 0.15) is 0 Å². The summed E-state index contributed by atoms with van der Waals surface area (Å²) in [5.74, 6) is -0.973. The Kier molecular flexibility index (Phi) is 13.9. The van der Waals surface area contributed by atoms with E-state index >= 15 is 0 Å². The number of carbonyl (C=O) groups is 1. The van der Waals surface area contributed by atoms with Gasteiger partial charge in [0, 0.05) is 0 Å². The Labute approximate surface area is 109 Å². The van der Waals surface area contributed by atoms with E-state index < -0.39 is 5.97 Å². The van der Waals surface area contributed by atoms with Crippen molar-refractivity contribution in [1.29, 1.82) is 0 Å². The lowest BCUT2D eigenvalue weighted by atomic mass is 10.7. The number of carboxylic acid groups (broad SMARTS) is 1. The smallest absolute Gasteiger partial charge is 0.329 e. The summed E-state index contributed by atoms with van der Waals surface area (Å²) in [7, 11) is 0. The van der Waals surface area contributed by atoms with E-state index in [4.69, 9.17) is 23.8 Å². The Morgan fingerprint density at radius 3 is 2.00 bits per heavy atom. The van der Waals surface area contributed by atoms with Crippen molar-refractivity contribution < 1.29 is 28.6 Å². The van der Waals surface area contributed by atoms with Gasteiger partial charge in [0.15, 0.2) is 0 Å². The fourth-order valence-corrected chi connectivity index (χ4v) is 1.56. The minimum Gasteiger partial charge on any atom is -0.480 e. The first-order chi connectivity index (χ1) is 7.77. The van der Waals surface area contributed by atoms with E-state index in [1.54, 1.807) is 0 Å². The van der Waals surface area contributed by atoms with Crippen molar-refractivity contribution in [3.05, 3.63) is 0 Å². The third-order valence-corrected chi connectivity index (χ3v) is 2.60. The summed E-state index contributed by atoms with van der Waals surface area (Å²) in [6.45, 7) is 2.99. The Hall–Kier alpha value is 0.470. The molecule has 0 aromatic heterocycles. The summed E-state index contributed by atoms with van der Waals surface area (Å²) in [6.07, 6.45) is 0. The molecule has 0 saturated heterocycles. The van der Waals surface area contributed by atoms with Crippen molar-refractivity contribution in [1.82, 2.24) is 0 Å². The molecule has 0 aliphatic heterocycles. The van der Waals surface area contributed by atoms with E-state index in [-0.39, 0.29) is 13.2 Å². The van der Waals surface area contributed by atoms with Crippen LogP contribution in [0.25, 0.3) is 0 Å². The largest absolute Gasteiger partial charge is 0.480 e. The molecule has 0 saturated carbocycles. The molecule has 0 aromatic rings. The van der Waals surface area contributed by atoms with Crippen molar-refractivity contribution in [2.24, 2.45) is 0 Å². The van der Waals surface area contributed by atoms with Crippen LogP contribution in [0, 0.1) is 0 Å². The van der Waals surface area contributed by atoms with Crippen molar-refractivity contribution in [2.75, 3.05) is 46.2 Å². The molecule has 1 N–H and O–H groups in total. The topological polar surface area (TPSA) is 74.2 Å². The number of aliphatic carboxylic acids is 1. The SMILES string of the molecule is O=C(O)COCCOCCOCCOPI. The molecule has 0 rings (SSSR count). The average Bonchev–Trinajstić information content (AvgIpc) is 2.25. The molecule has 1 atom stereocenters. The van der Waals surface area contributed by atoms with Gasteiger partial charge in [0.05, 0.1) is 46.1 Å². The minimum atomic E-state index is -0.973. The molecule has 0 spiro atoms. The van der Waals surface area contributed by atoms with Crippen molar-refractivity contribution in [2.45, 2.75) is 0 Å². The van der Waals surface area contributed by atoms with Gasteiger partial charge in [0.1, 0.15) is 6.61 Å². The molecule has 0 radical (unpaired) electrons. The van der Waals surface area contributed by atoms with E-state index in [2.05, 4.69) is 22.0 Å². The maximum Gasteiger partial charge on any atom is 0.329 e. The van der Waals surface area contributed by atoms with Crippen LogP contribution in [0.2, 0.25) is 0 Å². The van der Waals surface area contributed by atoms with Crippen molar-refractivity contribution in [3.8, 4) is 0 Å². The normalized spacial score (nSPS) is 11.3. The number of carboxylic acids is 1. The molecule has 1 unspecified atom stereocenters. The molecule has 96 valence electrons. The van der Waals surface area contributed by atoms with Gasteiger partial charge in [-0.3, -0.25) is 0 Å². The van der Waals surface area contributed by atoms with Gasteiger partial charge in [-0.25, -0.2) is 4.79 Å². The molecule has 0 bridgehead atoms. The number of halogens is 1. The quantitative estimate of drug-likeness (QED) is 0.317. The third kappa shape index (κ3) is 14.5.